The van der Waals surface area contributed by atoms with Crippen molar-refractivity contribution in [2.45, 2.75) is 19.8 Å². The fraction of sp³-hybridized carbons (Fsp3) is 0.0882. The number of halogens is 2. The van der Waals surface area contributed by atoms with Crippen molar-refractivity contribution < 1.29 is 18.3 Å². The molecule has 2 aromatic heterocycles. The first-order valence-corrected chi connectivity index (χ1v) is 13.7. The number of hydrogen-bond donors (Lipinski definition) is 2. The normalized spacial score (nSPS) is 11.2. The molecule has 0 saturated heterocycles. The summed E-state index contributed by atoms with van der Waals surface area (Å²) in [6, 6.07) is 27.4. The second kappa shape index (κ2) is 11.5. The van der Waals surface area contributed by atoms with Crippen LogP contribution >= 0.6 is 0 Å². The number of carbonyl (C=O) groups excluding carboxylic acids is 1. The molecule has 0 amide bonds. The number of rotatable bonds is 7. The van der Waals surface area contributed by atoms with Crippen LogP contribution in [0.2, 0.25) is 0 Å². The molecule has 0 radical (unpaired) electrons. The summed E-state index contributed by atoms with van der Waals surface area (Å²) in [6.07, 6.45) is 0. The van der Waals surface area contributed by atoms with Gasteiger partial charge in [-0.1, -0.05) is 54.6 Å². The molecule has 2 heterocycles. The van der Waals surface area contributed by atoms with E-state index in [1.807, 2.05) is 36.4 Å². The average molecular weight is 593 g/mol. The lowest BCUT2D eigenvalue weighted by molar-refractivity contribution is 0.0724. The summed E-state index contributed by atoms with van der Waals surface area (Å²) in [4.78, 5) is 40.5. The molecule has 0 bridgehead atoms. The maximum Gasteiger partial charge on any atom is 0.349 e. The van der Waals surface area contributed by atoms with E-state index in [0.29, 0.717) is 39.5 Å². The van der Waals surface area contributed by atoms with Crippen LogP contribution in [0.3, 0.4) is 0 Å². The van der Waals surface area contributed by atoms with Gasteiger partial charge in [-0.15, -0.1) is 0 Å². The number of hydrogen-bond acceptors (Lipinski definition) is 4. The number of esters is 1. The van der Waals surface area contributed by atoms with Gasteiger partial charge in [0.25, 0.3) is 11.1 Å². The van der Waals surface area contributed by atoms with Crippen molar-refractivity contribution in [1.82, 2.24) is 19.6 Å². The van der Waals surface area contributed by atoms with E-state index in [4.69, 9.17) is 4.74 Å². The van der Waals surface area contributed by atoms with E-state index in [2.05, 4.69) is 10.2 Å². The van der Waals surface area contributed by atoms with Crippen LogP contribution in [0.15, 0.2) is 113 Å². The van der Waals surface area contributed by atoms with E-state index >= 15 is 0 Å². The Balaban J connectivity index is 1.47. The Labute approximate surface area is 249 Å². The summed E-state index contributed by atoms with van der Waals surface area (Å²) in [6.45, 7) is 3.53. The Kier molecular flexibility index (Phi) is 7.40. The third-order valence-electron chi connectivity index (χ3n) is 7.43. The van der Waals surface area contributed by atoms with Crippen LogP contribution in [0.4, 0.5) is 8.78 Å². The van der Waals surface area contributed by atoms with Gasteiger partial charge in [-0.05, 0) is 67.9 Å². The quantitative estimate of drug-likeness (QED) is 0.177. The van der Waals surface area contributed by atoms with Crippen LogP contribution in [0.5, 0.6) is 5.75 Å². The molecule has 0 saturated carbocycles. The number of aromatic amines is 2. The van der Waals surface area contributed by atoms with Crippen molar-refractivity contribution in [2.75, 3.05) is 0 Å². The van der Waals surface area contributed by atoms with Crippen molar-refractivity contribution >= 4 is 5.97 Å². The summed E-state index contributed by atoms with van der Waals surface area (Å²) >= 11 is 0. The van der Waals surface area contributed by atoms with Crippen molar-refractivity contribution in [3.8, 4) is 17.1 Å². The fourth-order valence-electron chi connectivity index (χ4n) is 5.37. The fourth-order valence-corrected chi connectivity index (χ4v) is 5.37. The number of ether oxygens (including phenoxy) is 1. The van der Waals surface area contributed by atoms with Crippen LogP contribution in [-0.2, 0) is 0 Å². The van der Waals surface area contributed by atoms with Gasteiger partial charge in [-0.2, -0.15) is 0 Å². The summed E-state index contributed by atoms with van der Waals surface area (Å²) < 4.78 is 36.4. The third-order valence-corrected chi connectivity index (χ3v) is 7.43. The lowest BCUT2D eigenvalue weighted by atomic mass is 9.85. The zero-order valence-corrected chi connectivity index (χ0v) is 23.7. The van der Waals surface area contributed by atoms with Crippen molar-refractivity contribution in [3.05, 3.63) is 169 Å². The van der Waals surface area contributed by atoms with E-state index in [1.165, 1.54) is 21.5 Å². The minimum absolute atomic E-state index is 0.0279. The number of H-pyrrole nitrogens is 2. The largest absolute Gasteiger partial charge is 0.423 e. The van der Waals surface area contributed by atoms with Gasteiger partial charge in [0.15, 0.2) is 0 Å². The van der Waals surface area contributed by atoms with Crippen LogP contribution in [0.1, 0.15) is 44.4 Å². The minimum atomic E-state index is -1.19. The Bertz CT molecular complexity index is 1980. The van der Waals surface area contributed by atoms with Gasteiger partial charge in [0.05, 0.1) is 22.5 Å². The van der Waals surface area contributed by atoms with Crippen LogP contribution in [-0.4, -0.2) is 25.5 Å². The van der Waals surface area contributed by atoms with Gasteiger partial charge in [0, 0.05) is 17.3 Å². The molecule has 0 unspecified atom stereocenters. The second-order valence-corrected chi connectivity index (χ2v) is 10.2. The zero-order chi connectivity index (χ0) is 31.0. The predicted octanol–water partition coefficient (Wildman–Crippen LogP) is 5.94. The van der Waals surface area contributed by atoms with Gasteiger partial charge in [-0.3, -0.25) is 19.8 Å². The number of para-hydroxylation sites is 2. The van der Waals surface area contributed by atoms with E-state index in [1.54, 1.807) is 50.2 Å². The minimum Gasteiger partial charge on any atom is -0.423 e. The number of nitrogens with zero attached hydrogens (tertiary/aromatic N) is 2. The average Bonchev–Trinajstić information content (AvgIpc) is 3.49. The first kappa shape index (κ1) is 28.4. The molecule has 6 aromatic rings. The molecule has 220 valence electrons. The third kappa shape index (κ3) is 5.06. The molecular formula is C34H26F2N4O4. The van der Waals surface area contributed by atoms with Gasteiger partial charge in [0.2, 0.25) is 0 Å². The molecule has 0 aliphatic heterocycles. The van der Waals surface area contributed by atoms with E-state index in [9.17, 15) is 23.2 Å². The molecule has 6 rings (SSSR count). The second-order valence-electron chi connectivity index (χ2n) is 10.2. The molecule has 0 aliphatic rings. The number of aryl methyl sites for hydroxylation is 2. The summed E-state index contributed by atoms with van der Waals surface area (Å²) in [7, 11) is 0. The standard InChI is InChI=1S/C34H26F2N4O4/c1-20-28(32(41)39(37-20)23-10-5-3-6-11-23)30(29-21(2)38-40(33(29)42)24-12-7-4-8-13-24)22-16-18-25(19-17-22)44-34(43)31-26(35)14-9-15-27(31)36/h3-19,30,37-38H,1-2H3. The van der Waals surface area contributed by atoms with Gasteiger partial charge >= 0.3 is 5.97 Å². The summed E-state index contributed by atoms with van der Waals surface area (Å²) in [5.41, 5.74) is 2.15. The lowest BCUT2D eigenvalue weighted by Gasteiger charge is -2.16. The number of carbonyl (C=O) groups is 1. The Morgan fingerprint density at radius 3 is 1.57 bits per heavy atom. The molecule has 10 heteroatoms. The number of benzene rings is 4. The Morgan fingerprint density at radius 2 is 1.11 bits per heavy atom. The first-order chi connectivity index (χ1) is 21.2. The van der Waals surface area contributed by atoms with Gasteiger partial charge in [0.1, 0.15) is 22.9 Å². The van der Waals surface area contributed by atoms with Gasteiger partial charge < -0.3 is 4.74 Å². The molecule has 0 fully saturated rings. The Hall–Kier alpha value is -5.77. The molecule has 0 atom stereocenters. The highest BCUT2D eigenvalue weighted by Gasteiger charge is 2.31. The van der Waals surface area contributed by atoms with Crippen LogP contribution in [0.25, 0.3) is 11.4 Å². The summed E-state index contributed by atoms with van der Waals surface area (Å²) in [5.74, 6) is -4.07. The van der Waals surface area contributed by atoms with Crippen molar-refractivity contribution in [3.63, 3.8) is 0 Å². The van der Waals surface area contributed by atoms with Crippen LogP contribution in [0, 0.1) is 25.5 Å². The highest BCUT2D eigenvalue weighted by Crippen LogP contribution is 2.33. The summed E-state index contributed by atoms with van der Waals surface area (Å²) in [5, 5.41) is 6.28. The maximum absolute atomic E-state index is 14.1. The molecule has 2 N–H and O–H groups in total. The lowest BCUT2D eigenvalue weighted by Crippen LogP contribution is -2.25. The van der Waals surface area contributed by atoms with E-state index < -0.39 is 29.1 Å². The topological polar surface area (TPSA) is 102 Å². The molecule has 0 spiro atoms. The SMILES string of the molecule is Cc1[nH]n(-c2ccccc2)c(=O)c1C(c1ccc(OC(=O)c2c(F)cccc2F)cc1)c1c(C)[nH]n(-c2ccccc2)c1=O. The van der Waals surface area contributed by atoms with Gasteiger partial charge in [-0.25, -0.2) is 22.9 Å². The molecule has 8 nitrogen and oxygen atoms in total. The van der Waals surface area contributed by atoms with Crippen LogP contribution < -0.4 is 15.9 Å². The van der Waals surface area contributed by atoms with E-state index in [-0.39, 0.29) is 16.9 Å². The molecule has 4 aromatic carbocycles. The van der Waals surface area contributed by atoms with E-state index in [0.717, 1.165) is 18.2 Å². The zero-order valence-electron chi connectivity index (χ0n) is 23.7. The van der Waals surface area contributed by atoms with Crippen molar-refractivity contribution in [2.24, 2.45) is 0 Å². The van der Waals surface area contributed by atoms with Crippen molar-refractivity contribution in [1.29, 1.82) is 0 Å². The number of nitrogens with one attached hydrogen (secondary N) is 2. The molecular weight excluding hydrogens is 566 g/mol. The smallest absolute Gasteiger partial charge is 0.349 e. The predicted molar refractivity (Wildman–Crippen MR) is 161 cm³/mol. The number of aromatic nitrogens is 4. The molecule has 0 aliphatic carbocycles. The monoisotopic (exact) mass is 592 g/mol. The highest BCUT2D eigenvalue weighted by molar-refractivity contribution is 5.91. The maximum atomic E-state index is 14.1. The molecule has 44 heavy (non-hydrogen) atoms. The highest BCUT2D eigenvalue weighted by atomic mass is 19.1. The first-order valence-electron chi connectivity index (χ1n) is 13.7. The Morgan fingerprint density at radius 1 is 0.659 bits per heavy atom.